The third kappa shape index (κ3) is 4.41. The normalized spacial score (nSPS) is 35.2. The lowest BCUT2D eigenvalue weighted by Crippen LogP contribution is -2.49. The van der Waals surface area contributed by atoms with E-state index >= 15 is 0 Å². The average Bonchev–Trinajstić information content (AvgIpc) is 2.80. The summed E-state index contributed by atoms with van der Waals surface area (Å²) in [6.45, 7) is 5.55. The van der Waals surface area contributed by atoms with Gasteiger partial charge in [0.1, 0.15) is 0 Å². The van der Waals surface area contributed by atoms with E-state index in [2.05, 4.69) is 9.62 Å². The van der Waals surface area contributed by atoms with Crippen LogP contribution in [0, 0.1) is 5.92 Å². The summed E-state index contributed by atoms with van der Waals surface area (Å²) in [5.41, 5.74) is -0.147. The lowest BCUT2D eigenvalue weighted by atomic mass is 9.90. The summed E-state index contributed by atoms with van der Waals surface area (Å²) in [5, 5.41) is 0. The molecule has 3 aliphatic rings. The van der Waals surface area contributed by atoms with Crippen molar-refractivity contribution in [2.24, 2.45) is 5.92 Å². The molecule has 0 bridgehead atoms. The minimum absolute atomic E-state index is 0.0202. The fourth-order valence-electron chi connectivity index (χ4n) is 4.09. The van der Waals surface area contributed by atoms with Crippen LogP contribution in [0.5, 0.6) is 0 Å². The Balaban J connectivity index is 1.53. The van der Waals surface area contributed by atoms with Crippen molar-refractivity contribution in [1.29, 1.82) is 0 Å². The van der Waals surface area contributed by atoms with Crippen molar-refractivity contribution in [1.82, 2.24) is 9.62 Å². The lowest BCUT2D eigenvalue weighted by Gasteiger charge is -2.38. The van der Waals surface area contributed by atoms with E-state index in [1.807, 2.05) is 0 Å². The van der Waals surface area contributed by atoms with Crippen LogP contribution in [0.2, 0.25) is 0 Å². The maximum absolute atomic E-state index is 11.5. The number of hydrogen-bond acceptors (Lipinski definition) is 5. The Morgan fingerprint density at radius 2 is 2.00 bits per heavy atom. The zero-order chi connectivity index (χ0) is 15.6. The second-order valence-electron chi connectivity index (χ2n) is 7.15. The molecule has 0 aliphatic carbocycles. The first-order chi connectivity index (χ1) is 10.4. The Bertz CT molecular complexity index is 478. The first-order valence-electron chi connectivity index (χ1n) is 8.36. The Morgan fingerprint density at radius 1 is 1.23 bits per heavy atom. The Morgan fingerprint density at radius 3 is 2.73 bits per heavy atom. The van der Waals surface area contributed by atoms with Gasteiger partial charge in [0.25, 0.3) is 0 Å². The van der Waals surface area contributed by atoms with Gasteiger partial charge in [0, 0.05) is 45.5 Å². The first kappa shape index (κ1) is 16.6. The van der Waals surface area contributed by atoms with Crippen molar-refractivity contribution in [2.75, 3.05) is 45.7 Å². The third-order valence-electron chi connectivity index (χ3n) is 5.13. The van der Waals surface area contributed by atoms with Gasteiger partial charge in [-0.3, -0.25) is 0 Å². The van der Waals surface area contributed by atoms with Crippen molar-refractivity contribution < 1.29 is 17.9 Å². The van der Waals surface area contributed by atoms with Gasteiger partial charge in [0.15, 0.2) is 0 Å². The summed E-state index contributed by atoms with van der Waals surface area (Å²) < 4.78 is 37.2. The smallest absolute Gasteiger partial charge is 0.208 e. The SMILES string of the molecule is CS(=O)(=O)N[C@H]1CCO[C@@]2(CCN(CC3CCOCC3)C2)C1. The van der Waals surface area contributed by atoms with Crippen LogP contribution in [0.4, 0.5) is 0 Å². The molecule has 0 unspecified atom stereocenters. The van der Waals surface area contributed by atoms with E-state index in [1.54, 1.807) is 0 Å². The largest absolute Gasteiger partial charge is 0.381 e. The molecule has 3 saturated heterocycles. The highest BCUT2D eigenvalue weighted by atomic mass is 32.2. The van der Waals surface area contributed by atoms with Crippen molar-refractivity contribution >= 4 is 10.0 Å². The molecule has 1 spiro atoms. The first-order valence-corrected chi connectivity index (χ1v) is 10.2. The number of likely N-dealkylation sites (tertiary alicyclic amines) is 1. The molecule has 3 rings (SSSR count). The molecule has 0 radical (unpaired) electrons. The van der Waals surface area contributed by atoms with Crippen LogP contribution in [-0.4, -0.2) is 70.7 Å². The second kappa shape index (κ2) is 6.73. The Labute approximate surface area is 133 Å². The molecule has 2 atom stereocenters. The third-order valence-corrected chi connectivity index (χ3v) is 5.89. The molecule has 128 valence electrons. The van der Waals surface area contributed by atoms with E-state index in [0.717, 1.165) is 70.9 Å². The number of nitrogens with one attached hydrogen (secondary N) is 1. The molecular formula is C15H28N2O4S. The lowest BCUT2D eigenvalue weighted by molar-refractivity contribution is -0.0785. The summed E-state index contributed by atoms with van der Waals surface area (Å²) >= 11 is 0. The van der Waals surface area contributed by atoms with E-state index < -0.39 is 10.0 Å². The predicted octanol–water partition coefficient (Wildman–Crippen LogP) is 0.586. The molecule has 0 aromatic heterocycles. The minimum atomic E-state index is -3.14. The molecule has 7 heteroatoms. The highest BCUT2D eigenvalue weighted by molar-refractivity contribution is 7.88. The molecule has 6 nitrogen and oxygen atoms in total. The van der Waals surface area contributed by atoms with Crippen molar-refractivity contribution in [3.63, 3.8) is 0 Å². The van der Waals surface area contributed by atoms with E-state index in [1.165, 1.54) is 6.26 Å². The number of ether oxygens (including phenoxy) is 2. The zero-order valence-electron chi connectivity index (χ0n) is 13.4. The maximum Gasteiger partial charge on any atom is 0.208 e. The second-order valence-corrected chi connectivity index (χ2v) is 8.93. The molecule has 0 saturated carbocycles. The molecule has 0 aromatic rings. The molecule has 3 fully saturated rings. The quantitative estimate of drug-likeness (QED) is 0.816. The molecule has 3 aliphatic heterocycles. The number of hydrogen-bond donors (Lipinski definition) is 1. The van der Waals surface area contributed by atoms with Crippen LogP contribution in [0.15, 0.2) is 0 Å². The highest BCUT2D eigenvalue weighted by Gasteiger charge is 2.44. The predicted molar refractivity (Wildman–Crippen MR) is 84.3 cm³/mol. The van der Waals surface area contributed by atoms with Crippen LogP contribution < -0.4 is 4.72 Å². The van der Waals surface area contributed by atoms with Gasteiger partial charge in [-0.15, -0.1) is 0 Å². The average molecular weight is 332 g/mol. The Kier molecular flexibility index (Phi) is 5.09. The topological polar surface area (TPSA) is 67.9 Å². The van der Waals surface area contributed by atoms with Crippen LogP contribution in [0.25, 0.3) is 0 Å². The molecule has 0 aromatic carbocycles. The van der Waals surface area contributed by atoms with Crippen LogP contribution in [0.1, 0.15) is 32.1 Å². The summed E-state index contributed by atoms with van der Waals surface area (Å²) in [6.07, 6.45) is 6.13. The summed E-state index contributed by atoms with van der Waals surface area (Å²) in [4.78, 5) is 2.50. The van der Waals surface area contributed by atoms with Crippen molar-refractivity contribution in [3.05, 3.63) is 0 Å². The molecule has 0 amide bonds. The van der Waals surface area contributed by atoms with Crippen LogP contribution in [0.3, 0.4) is 0 Å². The highest BCUT2D eigenvalue weighted by Crippen LogP contribution is 2.35. The van der Waals surface area contributed by atoms with Gasteiger partial charge in [-0.1, -0.05) is 0 Å². The fraction of sp³-hybridized carbons (Fsp3) is 1.00. The standard InChI is InChI=1S/C15H28N2O4S/c1-22(18,19)16-14-4-9-21-15(10-14)5-6-17(12-15)11-13-2-7-20-8-3-13/h13-14,16H,2-12H2,1H3/t14-,15-/m0/s1. The molecule has 22 heavy (non-hydrogen) atoms. The molecular weight excluding hydrogens is 304 g/mol. The van der Waals surface area contributed by atoms with Gasteiger partial charge in [-0.2, -0.15) is 0 Å². The van der Waals surface area contributed by atoms with E-state index in [0.29, 0.717) is 6.61 Å². The van der Waals surface area contributed by atoms with Crippen LogP contribution >= 0.6 is 0 Å². The molecule has 3 heterocycles. The molecule has 1 N–H and O–H groups in total. The van der Waals surface area contributed by atoms with Gasteiger partial charge in [-0.05, 0) is 38.0 Å². The minimum Gasteiger partial charge on any atom is -0.381 e. The maximum atomic E-state index is 11.5. The van der Waals surface area contributed by atoms with Gasteiger partial charge in [-0.25, -0.2) is 13.1 Å². The zero-order valence-corrected chi connectivity index (χ0v) is 14.2. The summed E-state index contributed by atoms with van der Waals surface area (Å²) in [6, 6.07) is 0.0202. The number of nitrogens with zero attached hydrogens (tertiary/aromatic N) is 1. The number of rotatable bonds is 4. The van der Waals surface area contributed by atoms with Crippen molar-refractivity contribution in [2.45, 2.75) is 43.7 Å². The Hall–Kier alpha value is -0.210. The van der Waals surface area contributed by atoms with Gasteiger partial charge >= 0.3 is 0 Å². The summed E-state index contributed by atoms with van der Waals surface area (Å²) in [7, 11) is -3.14. The van der Waals surface area contributed by atoms with E-state index in [-0.39, 0.29) is 11.6 Å². The van der Waals surface area contributed by atoms with Gasteiger partial charge < -0.3 is 14.4 Å². The van der Waals surface area contributed by atoms with E-state index in [4.69, 9.17) is 9.47 Å². The summed E-state index contributed by atoms with van der Waals surface area (Å²) in [5.74, 6) is 0.734. The number of sulfonamides is 1. The van der Waals surface area contributed by atoms with Crippen LogP contribution in [-0.2, 0) is 19.5 Å². The monoisotopic (exact) mass is 332 g/mol. The van der Waals surface area contributed by atoms with Gasteiger partial charge in [0.05, 0.1) is 11.9 Å². The fourth-order valence-corrected chi connectivity index (χ4v) is 4.90. The van der Waals surface area contributed by atoms with Gasteiger partial charge in [0.2, 0.25) is 10.0 Å². The van der Waals surface area contributed by atoms with Crippen molar-refractivity contribution in [3.8, 4) is 0 Å². The van der Waals surface area contributed by atoms with E-state index in [9.17, 15) is 8.42 Å².